The van der Waals surface area contributed by atoms with Crippen LogP contribution in [0.3, 0.4) is 0 Å². The predicted octanol–water partition coefficient (Wildman–Crippen LogP) is 1.59. The zero-order chi connectivity index (χ0) is 14.0. The Morgan fingerprint density at radius 2 is 2.16 bits per heavy atom. The van der Waals surface area contributed by atoms with E-state index >= 15 is 0 Å². The highest BCUT2D eigenvalue weighted by Gasteiger charge is 2.22. The standard InChI is InChI=1S/C13H19NO4S/c1-9-7-12(19(14,15)16)5-6-13(9)17-8-11-4-3-10(2)18-11/h5-7,10-11H,3-4,8H2,1-2H3,(H2,14,15,16). The fourth-order valence-corrected chi connectivity index (χ4v) is 2.75. The van der Waals surface area contributed by atoms with Crippen molar-refractivity contribution in [2.75, 3.05) is 6.61 Å². The minimum absolute atomic E-state index is 0.100. The predicted molar refractivity (Wildman–Crippen MR) is 71.6 cm³/mol. The molecular weight excluding hydrogens is 266 g/mol. The summed E-state index contributed by atoms with van der Waals surface area (Å²) in [5, 5.41) is 5.08. The molecule has 0 aliphatic carbocycles. The zero-order valence-electron chi connectivity index (χ0n) is 11.1. The fourth-order valence-electron chi connectivity index (χ4n) is 2.15. The summed E-state index contributed by atoms with van der Waals surface area (Å²) in [6, 6.07) is 4.60. The molecular formula is C13H19NO4S. The number of aryl methyl sites for hydroxylation is 1. The number of rotatable bonds is 4. The van der Waals surface area contributed by atoms with Gasteiger partial charge in [-0.15, -0.1) is 0 Å². The van der Waals surface area contributed by atoms with Gasteiger partial charge in [0.05, 0.1) is 17.1 Å². The Balaban J connectivity index is 2.02. The number of nitrogens with two attached hydrogens (primary N) is 1. The number of benzene rings is 1. The summed E-state index contributed by atoms with van der Waals surface area (Å²) >= 11 is 0. The van der Waals surface area contributed by atoms with Crippen molar-refractivity contribution in [2.45, 2.75) is 43.8 Å². The van der Waals surface area contributed by atoms with Crippen molar-refractivity contribution in [1.82, 2.24) is 0 Å². The molecule has 0 radical (unpaired) electrons. The number of hydrogen-bond acceptors (Lipinski definition) is 4. The summed E-state index contributed by atoms with van der Waals surface area (Å²) in [6.45, 7) is 4.33. The zero-order valence-corrected chi connectivity index (χ0v) is 11.9. The monoisotopic (exact) mass is 285 g/mol. The average molecular weight is 285 g/mol. The largest absolute Gasteiger partial charge is 0.491 e. The van der Waals surface area contributed by atoms with E-state index in [0.29, 0.717) is 18.5 Å². The molecule has 106 valence electrons. The van der Waals surface area contributed by atoms with Crippen molar-refractivity contribution in [3.8, 4) is 5.75 Å². The molecule has 1 aromatic rings. The second kappa shape index (κ2) is 5.48. The molecule has 0 bridgehead atoms. The normalized spacial score (nSPS) is 23.5. The number of ether oxygens (including phenoxy) is 2. The molecule has 5 nitrogen and oxygen atoms in total. The van der Waals surface area contributed by atoms with Gasteiger partial charge in [0, 0.05) is 0 Å². The molecule has 1 heterocycles. The van der Waals surface area contributed by atoms with Gasteiger partial charge >= 0.3 is 0 Å². The summed E-state index contributed by atoms with van der Waals surface area (Å²) in [7, 11) is -3.66. The Morgan fingerprint density at radius 1 is 1.42 bits per heavy atom. The lowest BCUT2D eigenvalue weighted by atomic mass is 10.2. The smallest absolute Gasteiger partial charge is 0.238 e. The summed E-state index contributed by atoms with van der Waals surface area (Å²) in [6.07, 6.45) is 2.46. The van der Waals surface area contributed by atoms with Crippen LogP contribution in [0.25, 0.3) is 0 Å². The first-order chi connectivity index (χ1) is 8.86. The Hall–Kier alpha value is -1.11. The molecule has 1 aliphatic rings. The topological polar surface area (TPSA) is 78.6 Å². The molecule has 1 saturated heterocycles. The first kappa shape index (κ1) is 14.3. The van der Waals surface area contributed by atoms with Crippen LogP contribution in [0.15, 0.2) is 23.1 Å². The Kier molecular flexibility index (Phi) is 4.13. The van der Waals surface area contributed by atoms with Crippen LogP contribution in [0.5, 0.6) is 5.75 Å². The quantitative estimate of drug-likeness (QED) is 0.911. The second-order valence-corrected chi connectivity index (χ2v) is 6.49. The van der Waals surface area contributed by atoms with Gasteiger partial charge < -0.3 is 9.47 Å². The van der Waals surface area contributed by atoms with E-state index in [9.17, 15) is 8.42 Å². The molecule has 0 saturated carbocycles. The summed E-state index contributed by atoms with van der Waals surface area (Å²) in [4.78, 5) is 0.100. The van der Waals surface area contributed by atoms with Gasteiger partial charge in [0.1, 0.15) is 12.4 Å². The molecule has 0 amide bonds. The van der Waals surface area contributed by atoms with Crippen LogP contribution in [-0.2, 0) is 14.8 Å². The average Bonchev–Trinajstić information content (AvgIpc) is 2.72. The van der Waals surface area contributed by atoms with Crippen LogP contribution in [0.1, 0.15) is 25.3 Å². The van der Waals surface area contributed by atoms with E-state index in [2.05, 4.69) is 0 Å². The van der Waals surface area contributed by atoms with Gasteiger partial charge in [0.25, 0.3) is 0 Å². The van der Waals surface area contributed by atoms with Crippen LogP contribution < -0.4 is 9.88 Å². The Bertz CT molecular complexity index is 556. The lowest BCUT2D eigenvalue weighted by Crippen LogP contribution is -2.18. The van der Waals surface area contributed by atoms with Gasteiger partial charge in [-0.05, 0) is 50.5 Å². The molecule has 2 atom stereocenters. The molecule has 2 unspecified atom stereocenters. The molecule has 2 rings (SSSR count). The molecule has 1 fully saturated rings. The lowest BCUT2D eigenvalue weighted by molar-refractivity contribution is 0.0263. The van der Waals surface area contributed by atoms with Gasteiger partial charge in [-0.25, -0.2) is 13.6 Å². The fraction of sp³-hybridized carbons (Fsp3) is 0.538. The summed E-state index contributed by atoms with van der Waals surface area (Å²) in [5.74, 6) is 0.663. The number of primary sulfonamides is 1. The highest BCUT2D eigenvalue weighted by molar-refractivity contribution is 7.89. The van der Waals surface area contributed by atoms with Crippen LogP contribution in [0, 0.1) is 6.92 Å². The first-order valence-corrected chi connectivity index (χ1v) is 7.82. The Morgan fingerprint density at radius 3 is 2.68 bits per heavy atom. The van der Waals surface area contributed by atoms with E-state index in [-0.39, 0.29) is 11.0 Å². The lowest BCUT2D eigenvalue weighted by Gasteiger charge is -2.14. The van der Waals surface area contributed by atoms with E-state index in [1.165, 1.54) is 12.1 Å². The highest BCUT2D eigenvalue weighted by Crippen LogP contribution is 2.24. The molecule has 19 heavy (non-hydrogen) atoms. The maximum atomic E-state index is 11.2. The third-order valence-electron chi connectivity index (χ3n) is 3.22. The molecule has 6 heteroatoms. The highest BCUT2D eigenvalue weighted by atomic mass is 32.2. The van der Waals surface area contributed by atoms with E-state index in [0.717, 1.165) is 18.4 Å². The molecule has 2 N–H and O–H groups in total. The van der Waals surface area contributed by atoms with Crippen LogP contribution in [0.2, 0.25) is 0 Å². The van der Waals surface area contributed by atoms with E-state index in [4.69, 9.17) is 14.6 Å². The van der Waals surface area contributed by atoms with Gasteiger partial charge in [0.15, 0.2) is 0 Å². The third-order valence-corrected chi connectivity index (χ3v) is 4.13. The first-order valence-electron chi connectivity index (χ1n) is 6.28. The third kappa shape index (κ3) is 3.68. The summed E-state index contributed by atoms with van der Waals surface area (Å²) in [5.41, 5.74) is 0.748. The van der Waals surface area contributed by atoms with Gasteiger partial charge in [0.2, 0.25) is 10.0 Å². The minimum Gasteiger partial charge on any atom is -0.491 e. The maximum Gasteiger partial charge on any atom is 0.238 e. The van der Waals surface area contributed by atoms with E-state index in [1.807, 2.05) is 6.92 Å². The Labute approximate surface area is 113 Å². The van der Waals surface area contributed by atoms with Crippen molar-refractivity contribution in [2.24, 2.45) is 5.14 Å². The van der Waals surface area contributed by atoms with Crippen LogP contribution in [-0.4, -0.2) is 27.2 Å². The van der Waals surface area contributed by atoms with E-state index in [1.54, 1.807) is 13.0 Å². The van der Waals surface area contributed by atoms with Gasteiger partial charge in [-0.3, -0.25) is 0 Å². The van der Waals surface area contributed by atoms with Crippen molar-refractivity contribution in [1.29, 1.82) is 0 Å². The van der Waals surface area contributed by atoms with Crippen molar-refractivity contribution in [3.05, 3.63) is 23.8 Å². The molecule has 1 aromatic carbocycles. The van der Waals surface area contributed by atoms with Crippen LogP contribution in [0.4, 0.5) is 0 Å². The van der Waals surface area contributed by atoms with Gasteiger partial charge in [-0.1, -0.05) is 0 Å². The summed E-state index contributed by atoms with van der Waals surface area (Å²) < 4.78 is 33.8. The van der Waals surface area contributed by atoms with Crippen molar-refractivity contribution in [3.63, 3.8) is 0 Å². The van der Waals surface area contributed by atoms with Crippen molar-refractivity contribution >= 4 is 10.0 Å². The van der Waals surface area contributed by atoms with Gasteiger partial charge in [-0.2, -0.15) is 0 Å². The van der Waals surface area contributed by atoms with Crippen LogP contribution >= 0.6 is 0 Å². The second-order valence-electron chi connectivity index (χ2n) is 4.93. The van der Waals surface area contributed by atoms with Crippen molar-refractivity contribution < 1.29 is 17.9 Å². The maximum absolute atomic E-state index is 11.2. The molecule has 1 aliphatic heterocycles. The SMILES string of the molecule is Cc1cc(S(N)(=O)=O)ccc1OCC1CCC(C)O1. The number of sulfonamides is 1. The van der Waals surface area contributed by atoms with E-state index < -0.39 is 10.0 Å². The molecule has 0 spiro atoms. The minimum atomic E-state index is -3.66. The number of hydrogen-bond donors (Lipinski definition) is 1. The molecule has 0 aromatic heterocycles.